The van der Waals surface area contributed by atoms with Crippen LogP contribution in [0.1, 0.15) is 29.6 Å². The van der Waals surface area contributed by atoms with Crippen LogP contribution < -0.4 is 5.32 Å². The number of furan rings is 1. The van der Waals surface area contributed by atoms with Gasteiger partial charge in [-0.05, 0) is 44.0 Å². The first-order valence-corrected chi connectivity index (χ1v) is 7.98. The van der Waals surface area contributed by atoms with E-state index in [4.69, 9.17) is 9.52 Å². The van der Waals surface area contributed by atoms with Gasteiger partial charge in [-0.3, -0.25) is 4.79 Å². The van der Waals surface area contributed by atoms with E-state index in [0.717, 1.165) is 38.9 Å². The number of hydrogen-bond acceptors (Lipinski definition) is 4. The maximum atomic E-state index is 13.7. The summed E-state index contributed by atoms with van der Waals surface area (Å²) in [4.78, 5) is 14.7. The second kappa shape index (κ2) is 7.10. The van der Waals surface area contributed by atoms with Crippen LogP contribution in [-0.2, 0) is 0 Å². The molecule has 0 saturated carbocycles. The van der Waals surface area contributed by atoms with Crippen LogP contribution in [0.3, 0.4) is 0 Å². The lowest BCUT2D eigenvalue weighted by molar-refractivity contribution is 0.0900. The van der Waals surface area contributed by atoms with Crippen molar-refractivity contribution in [1.29, 1.82) is 0 Å². The minimum atomic E-state index is -0.447. The van der Waals surface area contributed by atoms with Gasteiger partial charge in [-0.1, -0.05) is 0 Å². The summed E-state index contributed by atoms with van der Waals surface area (Å²) in [5.74, 6) is -0.754. The number of nitrogens with zero attached hydrogens (tertiary/aromatic N) is 1. The van der Waals surface area contributed by atoms with E-state index in [9.17, 15) is 9.18 Å². The molecule has 2 N–H and O–H groups in total. The topological polar surface area (TPSA) is 65.7 Å². The predicted molar refractivity (Wildman–Crippen MR) is 84.8 cm³/mol. The van der Waals surface area contributed by atoms with Crippen LogP contribution in [0.2, 0.25) is 0 Å². The zero-order chi connectivity index (χ0) is 16.2. The molecule has 124 valence electrons. The number of carbonyl (C=O) groups is 1. The monoisotopic (exact) mass is 320 g/mol. The molecule has 3 rings (SSSR count). The Balaban J connectivity index is 1.69. The van der Waals surface area contributed by atoms with Crippen LogP contribution in [0.15, 0.2) is 28.9 Å². The average Bonchev–Trinajstić information content (AvgIpc) is 3.00. The lowest BCUT2D eigenvalue weighted by Crippen LogP contribution is -2.48. The van der Waals surface area contributed by atoms with Gasteiger partial charge in [0.1, 0.15) is 11.4 Å². The third-order valence-corrected chi connectivity index (χ3v) is 4.23. The van der Waals surface area contributed by atoms with Gasteiger partial charge in [0.2, 0.25) is 0 Å². The molecule has 5 nitrogen and oxygen atoms in total. The molecule has 1 aromatic carbocycles. The van der Waals surface area contributed by atoms with E-state index in [2.05, 4.69) is 10.2 Å². The van der Waals surface area contributed by atoms with E-state index in [1.807, 2.05) is 0 Å². The normalized spacial score (nSPS) is 19.1. The quantitative estimate of drug-likeness (QED) is 0.886. The lowest BCUT2D eigenvalue weighted by atomic mass is 10.0. The number of nitrogens with one attached hydrogen (secondary N) is 1. The molecule has 1 aliphatic heterocycles. The summed E-state index contributed by atoms with van der Waals surface area (Å²) in [5.41, 5.74) is 0.648. The smallest absolute Gasteiger partial charge is 0.255 e. The van der Waals surface area contributed by atoms with Crippen molar-refractivity contribution in [2.75, 3.05) is 26.2 Å². The Morgan fingerprint density at radius 1 is 1.48 bits per heavy atom. The Bertz CT molecular complexity index is 686. The lowest BCUT2D eigenvalue weighted by Gasteiger charge is -2.33. The maximum Gasteiger partial charge on any atom is 0.255 e. The standard InChI is InChI=1S/C17H21FN2O3/c18-13-9-12-4-8-23-16(12)15(10-13)17(22)19-14-3-1-5-20(11-14)6-2-7-21/h4,8-10,14,21H,1-3,5-7,11H2,(H,19,22). The molecule has 1 aliphatic rings. The maximum absolute atomic E-state index is 13.7. The molecular formula is C17H21FN2O3. The minimum absolute atomic E-state index is 0.0308. The van der Waals surface area contributed by atoms with Crippen LogP contribution >= 0.6 is 0 Å². The van der Waals surface area contributed by atoms with Gasteiger partial charge in [-0.25, -0.2) is 4.39 Å². The molecule has 2 heterocycles. The number of aliphatic hydroxyl groups is 1. The third-order valence-electron chi connectivity index (χ3n) is 4.23. The number of benzene rings is 1. The van der Waals surface area contributed by atoms with Gasteiger partial charge in [-0.2, -0.15) is 0 Å². The number of aliphatic hydroxyl groups excluding tert-OH is 1. The first kappa shape index (κ1) is 16.0. The summed E-state index contributed by atoms with van der Waals surface area (Å²) in [6.45, 7) is 2.73. The Hall–Kier alpha value is -1.92. The van der Waals surface area contributed by atoms with Gasteiger partial charge in [0.15, 0.2) is 0 Å². The number of rotatable bonds is 5. The number of fused-ring (bicyclic) bond motifs is 1. The summed E-state index contributed by atoms with van der Waals surface area (Å²) in [6.07, 6.45) is 4.09. The van der Waals surface area contributed by atoms with Gasteiger partial charge in [0.05, 0.1) is 11.8 Å². The highest BCUT2D eigenvalue weighted by atomic mass is 19.1. The van der Waals surface area contributed by atoms with Crippen LogP contribution in [-0.4, -0.2) is 48.2 Å². The Labute approximate surface area is 134 Å². The first-order chi connectivity index (χ1) is 11.2. The molecule has 0 spiro atoms. The summed E-state index contributed by atoms with van der Waals surface area (Å²) >= 11 is 0. The Morgan fingerprint density at radius 3 is 3.17 bits per heavy atom. The highest BCUT2D eigenvalue weighted by Crippen LogP contribution is 2.22. The molecule has 6 heteroatoms. The van der Waals surface area contributed by atoms with Gasteiger partial charge < -0.3 is 19.7 Å². The molecule has 1 unspecified atom stereocenters. The zero-order valence-electron chi connectivity index (χ0n) is 12.9. The summed E-state index contributed by atoms with van der Waals surface area (Å²) in [6, 6.07) is 4.25. The molecule has 1 fully saturated rings. The highest BCUT2D eigenvalue weighted by Gasteiger charge is 2.23. The third kappa shape index (κ3) is 3.71. The Kier molecular flexibility index (Phi) is 4.93. The molecule has 1 saturated heterocycles. The number of likely N-dealkylation sites (tertiary alicyclic amines) is 1. The van der Waals surface area contributed by atoms with Gasteiger partial charge in [0, 0.05) is 31.1 Å². The molecule has 1 amide bonds. The van der Waals surface area contributed by atoms with E-state index >= 15 is 0 Å². The number of hydrogen-bond donors (Lipinski definition) is 2. The van der Waals surface area contributed by atoms with E-state index < -0.39 is 5.82 Å². The van der Waals surface area contributed by atoms with Crippen molar-refractivity contribution in [3.63, 3.8) is 0 Å². The number of piperidine rings is 1. The largest absolute Gasteiger partial charge is 0.464 e. The SMILES string of the molecule is O=C(NC1CCCN(CCCO)C1)c1cc(F)cc2ccoc12. The van der Waals surface area contributed by atoms with E-state index in [0.29, 0.717) is 11.0 Å². The molecular weight excluding hydrogens is 299 g/mol. The van der Waals surface area contributed by atoms with Crippen LogP contribution in [0.4, 0.5) is 4.39 Å². The van der Waals surface area contributed by atoms with Gasteiger partial charge in [-0.15, -0.1) is 0 Å². The van der Waals surface area contributed by atoms with Crippen molar-refractivity contribution in [1.82, 2.24) is 10.2 Å². The van der Waals surface area contributed by atoms with Crippen molar-refractivity contribution < 1.29 is 18.7 Å². The number of halogens is 1. The molecule has 0 radical (unpaired) electrons. The summed E-state index contributed by atoms with van der Waals surface area (Å²) in [7, 11) is 0. The molecule has 1 aromatic heterocycles. The zero-order valence-corrected chi connectivity index (χ0v) is 12.9. The van der Waals surface area contributed by atoms with Crippen molar-refractivity contribution in [3.8, 4) is 0 Å². The first-order valence-electron chi connectivity index (χ1n) is 7.98. The fraction of sp³-hybridized carbons (Fsp3) is 0.471. The van der Waals surface area contributed by atoms with Crippen molar-refractivity contribution in [2.24, 2.45) is 0 Å². The fourth-order valence-corrected chi connectivity index (χ4v) is 3.15. The Morgan fingerprint density at radius 2 is 2.35 bits per heavy atom. The van der Waals surface area contributed by atoms with Crippen molar-refractivity contribution >= 4 is 16.9 Å². The molecule has 0 aliphatic carbocycles. The van der Waals surface area contributed by atoms with E-state index in [1.54, 1.807) is 6.07 Å². The van der Waals surface area contributed by atoms with Gasteiger partial charge in [0.25, 0.3) is 5.91 Å². The second-order valence-electron chi connectivity index (χ2n) is 5.98. The molecule has 0 bridgehead atoms. The van der Waals surface area contributed by atoms with Crippen molar-refractivity contribution in [2.45, 2.75) is 25.3 Å². The van der Waals surface area contributed by atoms with Crippen LogP contribution in [0, 0.1) is 5.82 Å². The number of carbonyl (C=O) groups excluding carboxylic acids is 1. The summed E-state index contributed by atoms with van der Waals surface area (Å²) < 4.78 is 19.0. The highest BCUT2D eigenvalue weighted by molar-refractivity contribution is 6.05. The van der Waals surface area contributed by atoms with Crippen LogP contribution in [0.25, 0.3) is 11.0 Å². The molecule has 2 aromatic rings. The van der Waals surface area contributed by atoms with Gasteiger partial charge >= 0.3 is 0 Å². The second-order valence-corrected chi connectivity index (χ2v) is 5.98. The van der Waals surface area contributed by atoms with Crippen molar-refractivity contribution in [3.05, 3.63) is 35.8 Å². The van der Waals surface area contributed by atoms with Crippen LogP contribution in [0.5, 0.6) is 0 Å². The fourth-order valence-electron chi connectivity index (χ4n) is 3.15. The molecule has 1 atom stereocenters. The van der Waals surface area contributed by atoms with E-state index in [-0.39, 0.29) is 24.1 Å². The molecule has 23 heavy (non-hydrogen) atoms. The minimum Gasteiger partial charge on any atom is -0.464 e. The predicted octanol–water partition coefficient (Wildman–Crippen LogP) is 2.15. The number of amides is 1. The van der Waals surface area contributed by atoms with E-state index in [1.165, 1.54) is 18.4 Å². The average molecular weight is 320 g/mol. The summed E-state index contributed by atoms with van der Waals surface area (Å²) in [5, 5.41) is 12.5.